The Morgan fingerprint density at radius 3 is 2.07 bits per heavy atom. The molecular formula is C44H34ClFN4O5. The summed E-state index contributed by atoms with van der Waals surface area (Å²) in [5.41, 5.74) is 5.42. The van der Waals surface area contributed by atoms with E-state index in [0.717, 1.165) is 16.4 Å². The fourth-order valence-corrected chi connectivity index (χ4v) is 9.49. The number of nitrogens with zero attached hydrogens (tertiary/aromatic N) is 2. The minimum Gasteiger partial charge on any atom is -0.508 e. The molecule has 55 heavy (non-hydrogen) atoms. The molecule has 6 unspecified atom stereocenters. The summed E-state index contributed by atoms with van der Waals surface area (Å²) in [6.07, 6.45) is 2.25. The summed E-state index contributed by atoms with van der Waals surface area (Å²) in [6, 6.07) is 35.5. The van der Waals surface area contributed by atoms with Gasteiger partial charge < -0.3 is 10.4 Å². The standard InChI is InChI=1S/C44H34ClFN4O5/c45-26-12-10-25(11-13-26)44-36(41(53)50(43(44)55)48-30-16-14-27(46)15-17-30)24-35-32(39(44)33-8-4-5-9-37(33)51)22-23-34-38(35)42(54)49(40(34)52)31-20-18-29(19-21-31)47-28-6-2-1-3-7-28/h1-22,34-36,38-39,47-48,51H,23-24H2. The predicted molar refractivity (Wildman–Crippen MR) is 206 cm³/mol. The van der Waals surface area contributed by atoms with Crippen LogP contribution in [0.5, 0.6) is 5.75 Å². The number of fused-ring (bicyclic) bond motifs is 4. The van der Waals surface area contributed by atoms with E-state index in [1.807, 2.05) is 48.5 Å². The highest BCUT2D eigenvalue weighted by atomic mass is 35.5. The molecule has 274 valence electrons. The predicted octanol–water partition coefficient (Wildman–Crippen LogP) is 8.12. The van der Waals surface area contributed by atoms with Crippen LogP contribution in [0.1, 0.15) is 29.9 Å². The van der Waals surface area contributed by atoms with Gasteiger partial charge in [0.25, 0.3) is 11.8 Å². The third kappa shape index (κ3) is 5.42. The van der Waals surface area contributed by atoms with E-state index in [1.54, 1.807) is 54.6 Å². The van der Waals surface area contributed by atoms with E-state index in [1.165, 1.54) is 35.2 Å². The number of rotatable bonds is 7. The van der Waals surface area contributed by atoms with Crippen LogP contribution in [0.25, 0.3) is 0 Å². The number of phenols is 1. The Bertz CT molecular complexity index is 2390. The van der Waals surface area contributed by atoms with Crippen LogP contribution in [0.3, 0.4) is 0 Å². The quantitative estimate of drug-likeness (QED) is 0.114. The van der Waals surface area contributed by atoms with Crippen molar-refractivity contribution in [2.75, 3.05) is 15.6 Å². The maximum Gasteiger partial charge on any atom is 0.260 e. The van der Waals surface area contributed by atoms with Gasteiger partial charge >= 0.3 is 0 Å². The number of aromatic hydroxyl groups is 1. The van der Waals surface area contributed by atoms with Crippen molar-refractivity contribution in [3.63, 3.8) is 0 Å². The fraction of sp³-hybridized carbons (Fsp3) is 0.182. The Hall–Kier alpha value is -6.26. The van der Waals surface area contributed by atoms with Crippen LogP contribution in [-0.4, -0.2) is 33.7 Å². The second-order valence-corrected chi connectivity index (χ2v) is 14.9. The number of amides is 4. The average Bonchev–Trinajstić information content (AvgIpc) is 3.57. The minimum atomic E-state index is -1.59. The Morgan fingerprint density at radius 2 is 1.36 bits per heavy atom. The van der Waals surface area contributed by atoms with Crippen molar-refractivity contribution in [2.45, 2.75) is 24.2 Å². The lowest BCUT2D eigenvalue weighted by Gasteiger charge is -2.50. The van der Waals surface area contributed by atoms with Gasteiger partial charge in [-0.1, -0.05) is 71.8 Å². The van der Waals surface area contributed by atoms with Gasteiger partial charge in [-0.15, -0.1) is 0 Å². The number of para-hydroxylation sites is 2. The van der Waals surface area contributed by atoms with Gasteiger partial charge in [-0.25, -0.2) is 4.39 Å². The Morgan fingerprint density at radius 1 is 0.709 bits per heavy atom. The van der Waals surface area contributed by atoms with Gasteiger partial charge in [0.15, 0.2) is 0 Å². The summed E-state index contributed by atoms with van der Waals surface area (Å²) in [6.45, 7) is 0. The van der Waals surface area contributed by atoms with Gasteiger partial charge in [-0.2, -0.15) is 5.01 Å². The van der Waals surface area contributed by atoms with E-state index in [0.29, 0.717) is 33.1 Å². The lowest BCUT2D eigenvalue weighted by molar-refractivity contribution is -0.138. The van der Waals surface area contributed by atoms with Gasteiger partial charge in [0.05, 0.1) is 34.5 Å². The van der Waals surface area contributed by atoms with Crippen LogP contribution < -0.4 is 15.6 Å². The van der Waals surface area contributed by atoms with Gasteiger partial charge in [0.2, 0.25) is 11.8 Å². The van der Waals surface area contributed by atoms with Crippen molar-refractivity contribution >= 4 is 58.0 Å². The van der Waals surface area contributed by atoms with Crippen LogP contribution in [-0.2, 0) is 24.6 Å². The Labute approximate surface area is 321 Å². The number of carbonyl (C=O) groups is 4. The number of hydrazine groups is 1. The first-order valence-electron chi connectivity index (χ1n) is 18.1. The number of anilines is 4. The molecule has 9 nitrogen and oxygen atoms in total. The smallest absolute Gasteiger partial charge is 0.260 e. The van der Waals surface area contributed by atoms with E-state index in [2.05, 4.69) is 10.7 Å². The van der Waals surface area contributed by atoms with Crippen molar-refractivity contribution in [1.29, 1.82) is 0 Å². The number of nitrogens with one attached hydrogen (secondary N) is 2. The maximum atomic E-state index is 15.2. The SMILES string of the molecule is O=C1C2CC3C(=CCC4C(=O)N(c5ccc(Nc6ccccc6)cc5)C(=O)C43)C(c3ccccc3O)C2(c2ccc(Cl)cc2)C(=O)N1Nc1ccc(F)cc1. The monoisotopic (exact) mass is 752 g/mol. The highest BCUT2D eigenvalue weighted by Gasteiger charge is 2.70. The largest absolute Gasteiger partial charge is 0.508 e. The molecule has 0 radical (unpaired) electrons. The van der Waals surface area contributed by atoms with Gasteiger partial charge in [-0.3, -0.25) is 29.5 Å². The summed E-state index contributed by atoms with van der Waals surface area (Å²) in [4.78, 5) is 60.1. The molecule has 9 rings (SSSR count). The number of allylic oxidation sites excluding steroid dienone is 2. The summed E-state index contributed by atoms with van der Waals surface area (Å²) >= 11 is 6.36. The number of benzene rings is 5. The van der Waals surface area contributed by atoms with Crippen LogP contribution in [0.15, 0.2) is 139 Å². The normalized spacial score (nSPS) is 25.6. The second kappa shape index (κ2) is 13.2. The topological polar surface area (TPSA) is 119 Å². The highest BCUT2D eigenvalue weighted by Crippen LogP contribution is 2.65. The molecule has 0 spiro atoms. The van der Waals surface area contributed by atoms with E-state index in [9.17, 15) is 23.9 Å². The van der Waals surface area contributed by atoms with Crippen molar-refractivity contribution in [1.82, 2.24) is 5.01 Å². The second-order valence-electron chi connectivity index (χ2n) is 14.5. The van der Waals surface area contributed by atoms with Crippen molar-refractivity contribution in [3.8, 4) is 5.75 Å². The third-order valence-corrected chi connectivity index (χ3v) is 11.9. The first-order valence-corrected chi connectivity index (χ1v) is 18.5. The molecule has 11 heteroatoms. The van der Waals surface area contributed by atoms with E-state index < -0.39 is 52.6 Å². The van der Waals surface area contributed by atoms with E-state index in [-0.39, 0.29) is 30.4 Å². The molecule has 4 aliphatic rings. The zero-order chi connectivity index (χ0) is 38.0. The molecule has 3 fully saturated rings. The minimum absolute atomic E-state index is 0.0758. The molecule has 2 aliphatic heterocycles. The number of imide groups is 2. The number of hydrogen-bond acceptors (Lipinski definition) is 7. The summed E-state index contributed by atoms with van der Waals surface area (Å²) in [5.74, 6) is -6.40. The van der Waals surface area contributed by atoms with Gasteiger partial charge in [-0.05, 0) is 103 Å². The molecule has 2 heterocycles. The van der Waals surface area contributed by atoms with Crippen LogP contribution >= 0.6 is 11.6 Å². The molecule has 6 atom stereocenters. The number of carbonyl (C=O) groups excluding carboxylic acids is 4. The molecule has 1 saturated carbocycles. The Kier molecular flexibility index (Phi) is 8.31. The first-order chi connectivity index (χ1) is 26.7. The van der Waals surface area contributed by atoms with Crippen molar-refractivity contribution in [3.05, 3.63) is 161 Å². The molecule has 5 aromatic rings. The van der Waals surface area contributed by atoms with Gasteiger partial charge in [0.1, 0.15) is 11.6 Å². The van der Waals surface area contributed by atoms with Gasteiger partial charge in [0, 0.05) is 27.9 Å². The lowest BCUT2D eigenvalue weighted by atomic mass is 9.49. The van der Waals surface area contributed by atoms with Crippen molar-refractivity contribution < 1.29 is 28.7 Å². The number of hydrogen-bond donors (Lipinski definition) is 3. The zero-order valence-electron chi connectivity index (χ0n) is 29.2. The fourth-order valence-electron chi connectivity index (χ4n) is 9.37. The molecule has 2 aliphatic carbocycles. The summed E-state index contributed by atoms with van der Waals surface area (Å²) < 4.78 is 13.9. The molecule has 0 bridgehead atoms. The molecule has 2 saturated heterocycles. The number of phenolic OH excluding ortho intramolecular Hbond substituents is 1. The van der Waals surface area contributed by atoms with Crippen molar-refractivity contribution in [2.24, 2.45) is 23.7 Å². The molecule has 4 amide bonds. The van der Waals surface area contributed by atoms with Crippen LogP contribution in [0.2, 0.25) is 5.02 Å². The molecular weight excluding hydrogens is 719 g/mol. The summed E-state index contributed by atoms with van der Waals surface area (Å²) in [7, 11) is 0. The molecule has 0 aromatic heterocycles. The summed E-state index contributed by atoms with van der Waals surface area (Å²) in [5, 5.41) is 16.2. The number of halogens is 2. The Balaban J connectivity index is 1.15. The average molecular weight is 753 g/mol. The van der Waals surface area contributed by atoms with Crippen LogP contribution in [0.4, 0.5) is 27.1 Å². The highest BCUT2D eigenvalue weighted by molar-refractivity contribution is 6.30. The maximum absolute atomic E-state index is 15.2. The van der Waals surface area contributed by atoms with E-state index in [4.69, 9.17) is 11.6 Å². The molecule has 3 N–H and O–H groups in total. The first kappa shape index (κ1) is 34.5. The van der Waals surface area contributed by atoms with E-state index >= 15 is 4.79 Å². The molecule has 5 aromatic carbocycles. The zero-order valence-corrected chi connectivity index (χ0v) is 30.0. The third-order valence-electron chi connectivity index (χ3n) is 11.7. The lowest BCUT2D eigenvalue weighted by Crippen LogP contribution is -2.53. The van der Waals surface area contributed by atoms with Crippen LogP contribution in [0, 0.1) is 29.5 Å².